The molecule has 3 N–H and O–H groups in total. The molecule has 5 rings (SSSR count). The molecule has 176 valence electrons. The first-order valence-corrected chi connectivity index (χ1v) is 11.4. The molecule has 0 bridgehead atoms. The van der Waals surface area contributed by atoms with Gasteiger partial charge in [-0.3, -0.25) is 4.79 Å². The fraction of sp³-hybridized carbons (Fsp3) is 0.400. The van der Waals surface area contributed by atoms with Gasteiger partial charge in [0.05, 0.1) is 5.52 Å². The number of benzene rings is 2. The molecule has 7 nitrogen and oxygen atoms in total. The summed E-state index contributed by atoms with van der Waals surface area (Å²) in [5, 5.41) is 4.69. The van der Waals surface area contributed by atoms with Gasteiger partial charge in [-0.2, -0.15) is 0 Å². The van der Waals surface area contributed by atoms with Gasteiger partial charge in [-0.05, 0) is 67.9 Å². The average Bonchev–Trinajstić information content (AvgIpc) is 2.83. The number of nitrogens with one attached hydrogen (secondary N) is 1. The molecule has 0 aliphatic carbocycles. The molecule has 8 heteroatoms. The number of nitrogen functional groups attached to an aromatic ring is 1. The zero-order chi connectivity index (χ0) is 21.9. The van der Waals surface area contributed by atoms with Gasteiger partial charge in [0.2, 0.25) is 0 Å². The maximum absolute atomic E-state index is 12.4. The van der Waals surface area contributed by atoms with E-state index in [2.05, 4.69) is 22.3 Å². The molecule has 0 saturated carbocycles. The normalized spacial score (nSPS) is 16.5. The second-order valence-corrected chi connectivity index (χ2v) is 8.62. The SMILES string of the molecule is Cl.Nc1ccc2c(ccc(=O)n2CCN2CCC(NCc3ccc4c(c3)OCCO4)CC2)c1. The Morgan fingerprint density at radius 1 is 0.939 bits per heavy atom. The minimum absolute atomic E-state index is 0. The highest BCUT2D eigenvalue weighted by molar-refractivity contribution is 5.85. The summed E-state index contributed by atoms with van der Waals surface area (Å²) in [6.07, 6.45) is 2.21. The Morgan fingerprint density at radius 2 is 1.73 bits per heavy atom. The molecule has 33 heavy (non-hydrogen) atoms. The van der Waals surface area contributed by atoms with Crippen molar-refractivity contribution in [3.05, 3.63) is 64.4 Å². The molecule has 2 aromatic carbocycles. The third-order valence-electron chi connectivity index (χ3n) is 6.44. The first-order chi connectivity index (χ1) is 15.7. The topological polar surface area (TPSA) is 81.8 Å². The molecule has 0 unspecified atom stereocenters. The number of rotatable bonds is 6. The molecule has 2 aliphatic rings. The van der Waals surface area contributed by atoms with Gasteiger partial charge in [-0.25, -0.2) is 0 Å². The summed E-state index contributed by atoms with van der Waals surface area (Å²) in [6, 6.07) is 15.9. The predicted octanol–water partition coefficient (Wildman–Crippen LogP) is 3.03. The molecular formula is C25H31ClN4O3. The van der Waals surface area contributed by atoms with Gasteiger partial charge >= 0.3 is 0 Å². The number of ether oxygens (including phenoxy) is 2. The molecule has 1 fully saturated rings. The number of likely N-dealkylation sites (tertiary alicyclic amines) is 1. The van der Waals surface area contributed by atoms with Crippen molar-refractivity contribution >= 4 is 29.0 Å². The van der Waals surface area contributed by atoms with Gasteiger partial charge in [0.25, 0.3) is 5.56 Å². The lowest BCUT2D eigenvalue weighted by atomic mass is 10.0. The van der Waals surface area contributed by atoms with Crippen molar-refractivity contribution in [2.24, 2.45) is 0 Å². The van der Waals surface area contributed by atoms with E-state index in [1.165, 1.54) is 5.56 Å². The summed E-state index contributed by atoms with van der Waals surface area (Å²) in [4.78, 5) is 14.9. The molecule has 0 spiro atoms. The van der Waals surface area contributed by atoms with Gasteiger partial charge in [-0.1, -0.05) is 6.07 Å². The number of aromatic nitrogens is 1. The average molecular weight is 471 g/mol. The second-order valence-electron chi connectivity index (χ2n) is 8.62. The second kappa shape index (κ2) is 10.5. The van der Waals surface area contributed by atoms with Crippen molar-refractivity contribution in [2.45, 2.75) is 32.0 Å². The highest BCUT2D eigenvalue weighted by Crippen LogP contribution is 2.30. The molecule has 1 aromatic heterocycles. The highest BCUT2D eigenvalue weighted by atomic mass is 35.5. The van der Waals surface area contributed by atoms with E-state index < -0.39 is 0 Å². The van der Waals surface area contributed by atoms with Crippen LogP contribution in [0.15, 0.2) is 53.3 Å². The molecule has 1 saturated heterocycles. The maximum atomic E-state index is 12.4. The Hall–Kier alpha value is -2.74. The van der Waals surface area contributed by atoms with Gasteiger partial charge in [0, 0.05) is 42.8 Å². The van der Waals surface area contributed by atoms with Gasteiger partial charge in [0.15, 0.2) is 11.5 Å². The van der Waals surface area contributed by atoms with Gasteiger partial charge < -0.3 is 30.0 Å². The van der Waals surface area contributed by atoms with Crippen molar-refractivity contribution in [1.82, 2.24) is 14.8 Å². The lowest BCUT2D eigenvalue weighted by molar-refractivity contribution is 0.171. The summed E-state index contributed by atoms with van der Waals surface area (Å²) in [5.74, 6) is 1.68. The largest absolute Gasteiger partial charge is 0.486 e. The van der Waals surface area contributed by atoms with E-state index in [0.717, 1.165) is 61.4 Å². The minimum Gasteiger partial charge on any atom is -0.486 e. The van der Waals surface area contributed by atoms with Crippen LogP contribution in [-0.4, -0.2) is 48.4 Å². The van der Waals surface area contributed by atoms with Crippen molar-refractivity contribution in [3.63, 3.8) is 0 Å². The first kappa shape index (κ1) is 23.4. The van der Waals surface area contributed by atoms with Crippen LogP contribution in [-0.2, 0) is 13.1 Å². The maximum Gasteiger partial charge on any atom is 0.251 e. The zero-order valence-electron chi connectivity index (χ0n) is 18.7. The molecular weight excluding hydrogens is 440 g/mol. The molecule has 2 aliphatic heterocycles. The smallest absolute Gasteiger partial charge is 0.251 e. The van der Waals surface area contributed by atoms with Crippen LogP contribution in [0.25, 0.3) is 10.9 Å². The number of piperidine rings is 1. The molecule has 3 heterocycles. The van der Waals surface area contributed by atoms with Crippen molar-refractivity contribution in [1.29, 1.82) is 0 Å². The van der Waals surface area contributed by atoms with E-state index in [1.807, 2.05) is 34.9 Å². The third-order valence-corrected chi connectivity index (χ3v) is 6.44. The van der Waals surface area contributed by atoms with Crippen LogP contribution in [0.5, 0.6) is 11.5 Å². The van der Waals surface area contributed by atoms with Crippen LogP contribution < -0.4 is 26.1 Å². The molecule has 0 radical (unpaired) electrons. The summed E-state index contributed by atoms with van der Waals surface area (Å²) < 4.78 is 13.1. The number of fused-ring (bicyclic) bond motifs is 2. The van der Waals surface area contributed by atoms with Gasteiger partial charge in [0.1, 0.15) is 13.2 Å². The molecule has 3 aromatic rings. The van der Waals surface area contributed by atoms with Crippen LogP contribution in [0.3, 0.4) is 0 Å². The molecule has 0 amide bonds. The highest BCUT2D eigenvalue weighted by Gasteiger charge is 2.19. The van der Waals surface area contributed by atoms with Crippen LogP contribution in [0.1, 0.15) is 18.4 Å². The van der Waals surface area contributed by atoms with E-state index in [9.17, 15) is 4.79 Å². The number of hydrogen-bond donors (Lipinski definition) is 2. The standard InChI is InChI=1S/C25H30N4O3.ClH/c26-20-3-4-22-19(16-20)2-6-25(30)29(22)12-11-28-9-7-21(8-10-28)27-17-18-1-5-23-24(15-18)32-14-13-31-23;/h1-6,15-16,21,27H,7-14,17,26H2;1H. The van der Waals surface area contributed by atoms with Crippen molar-refractivity contribution in [2.75, 3.05) is 38.6 Å². The van der Waals surface area contributed by atoms with Crippen molar-refractivity contribution in [3.8, 4) is 11.5 Å². The Morgan fingerprint density at radius 3 is 2.55 bits per heavy atom. The number of nitrogens with two attached hydrogens (primary N) is 1. The Labute approximate surface area is 199 Å². The minimum atomic E-state index is 0. The first-order valence-electron chi connectivity index (χ1n) is 11.4. The number of anilines is 1. The summed E-state index contributed by atoms with van der Waals surface area (Å²) >= 11 is 0. The summed E-state index contributed by atoms with van der Waals surface area (Å²) in [6.45, 7) is 5.69. The molecule has 0 atom stereocenters. The number of pyridine rings is 1. The number of nitrogens with zero attached hydrogens (tertiary/aromatic N) is 2. The van der Waals surface area contributed by atoms with Crippen LogP contribution >= 0.6 is 12.4 Å². The Bertz CT molecular complexity index is 1160. The van der Waals surface area contributed by atoms with E-state index >= 15 is 0 Å². The fourth-order valence-corrected chi connectivity index (χ4v) is 4.61. The van der Waals surface area contributed by atoms with E-state index in [4.69, 9.17) is 15.2 Å². The number of halogens is 1. The summed E-state index contributed by atoms with van der Waals surface area (Å²) in [7, 11) is 0. The van der Waals surface area contributed by atoms with Crippen LogP contribution in [0, 0.1) is 0 Å². The van der Waals surface area contributed by atoms with Crippen LogP contribution in [0.4, 0.5) is 5.69 Å². The number of hydrogen-bond acceptors (Lipinski definition) is 6. The quantitative estimate of drug-likeness (QED) is 0.539. The van der Waals surface area contributed by atoms with E-state index in [-0.39, 0.29) is 18.0 Å². The van der Waals surface area contributed by atoms with Crippen molar-refractivity contribution < 1.29 is 9.47 Å². The van der Waals surface area contributed by atoms with Crippen LogP contribution in [0.2, 0.25) is 0 Å². The lowest BCUT2D eigenvalue weighted by Crippen LogP contribution is -2.43. The van der Waals surface area contributed by atoms with E-state index in [1.54, 1.807) is 6.07 Å². The summed E-state index contributed by atoms with van der Waals surface area (Å²) in [5.41, 5.74) is 8.81. The lowest BCUT2D eigenvalue weighted by Gasteiger charge is -2.32. The fourth-order valence-electron chi connectivity index (χ4n) is 4.61. The predicted molar refractivity (Wildman–Crippen MR) is 134 cm³/mol. The Balaban J connectivity index is 0.00000259. The zero-order valence-corrected chi connectivity index (χ0v) is 19.5. The monoisotopic (exact) mass is 470 g/mol. The van der Waals surface area contributed by atoms with E-state index in [0.29, 0.717) is 31.5 Å². The van der Waals surface area contributed by atoms with Gasteiger partial charge in [-0.15, -0.1) is 12.4 Å². The Kier molecular flexibility index (Phi) is 7.42. The third kappa shape index (κ3) is 5.43.